The van der Waals surface area contributed by atoms with E-state index in [2.05, 4.69) is 11.4 Å². The van der Waals surface area contributed by atoms with E-state index < -0.39 is 14.9 Å². The molecule has 0 spiro atoms. The molecule has 0 aromatic heterocycles. The van der Waals surface area contributed by atoms with Crippen molar-refractivity contribution >= 4 is 21.4 Å². The van der Waals surface area contributed by atoms with E-state index in [4.69, 9.17) is 4.74 Å². The summed E-state index contributed by atoms with van der Waals surface area (Å²) in [4.78, 5) is 10.6. The second kappa shape index (κ2) is 7.50. The molecule has 1 aliphatic carbocycles. The minimum atomic E-state index is -3.88. The van der Waals surface area contributed by atoms with E-state index in [1.54, 1.807) is 0 Å². The van der Waals surface area contributed by atoms with E-state index in [0.29, 0.717) is 18.9 Å². The van der Waals surface area contributed by atoms with Gasteiger partial charge in [-0.15, -0.1) is 0 Å². The second-order valence-corrected chi connectivity index (χ2v) is 8.79. The minimum absolute atomic E-state index is 0.0312. The predicted molar refractivity (Wildman–Crippen MR) is 104 cm³/mol. The number of hydrogen-bond acceptors (Lipinski definition) is 6. The van der Waals surface area contributed by atoms with Crippen LogP contribution in [0.25, 0.3) is 0 Å². The molecule has 1 N–H and O–H groups in total. The molecule has 28 heavy (non-hydrogen) atoms. The van der Waals surface area contributed by atoms with Crippen molar-refractivity contribution in [2.75, 3.05) is 31.6 Å². The maximum Gasteiger partial charge on any atom is 0.270 e. The maximum atomic E-state index is 13.2. The van der Waals surface area contributed by atoms with Crippen molar-refractivity contribution in [2.45, 2.75) is 23.8 Å². The van der Waals surface area contributed by atoms with Gasteiger partial charge in [0.15, 0.2) is 0 Å². The number of aryl methyl sites for hydroxylation is 1. The number of hydrogen-bond donors (Lipinski definition) is 1. The third-order valence-corrected chi connectivity index (χ3v) is 7.17. The number of benzene rings is 2. The lowest BCUT2D eigenvalue weighted by Gasteiger charge is -2.27. The van der Waals surface area contributed by atoms with Crippen LogP contribution in [0.4, 0.5) is 11.4 Å². The fourth-order valence-electron chi connectivity index (χ4n) is 3.78. The van der Waals surface area contributed by atoms with Gasteiger partial charge in [-0.25, -0.2) is 8.42 Å². The lowest BCUT2D eigenvalue weighted by Crippen LogP contribution is -2.40. The molecule has 0 saturated carbocycles. The van der Waals surface area contributed by atoms with E-state index in [-0.39, 0.29) is 29.7 Å². The Morgan fingerprint density at radius 3 is 2.64 bits per heavy atom. The molecular formula is C19H21N3O5S. The van der Waals surface area contributed by atoms with Gasteiger partial charge in [-0.1, -0.05) is 24.3 Å². The van der Waals surface area contributed by atoms with E-state index in [1.807, 2.05) is 18.2 Å². The van der Waals surface area contributed by atoms with Crippen LogP contribution in [0.15, 0.2) is 47.4 Å². The molecule has 2 aromatic rings. The van der Waals surface area contributed by atoms with Crippen LogP contribution in [0, 0.1) is 10.1 Å². The van der Waals surface area contributed by atoms with Gasteiger partial charge in [0.1, 0.15) is 4.90 Å². The Labute approximate surface area is 163 Å². The first kappa shape index (κ1) is 18.9. The van der Waals surface area contributed by atoms with Crippen molar-refractivity contribution in [3.63, 3.8) is 0 Å². The van der Waals surface area contributed by atoms with Gasteiger partial charge in [0.25, 0.3) is 5.69 Å². The molecule has 2 aromatic carbocycles. The first-order chi connectivity index (χ1) is 13.5. The summed E-state index contributed by atoms with van der Waals surface area (Å²) in [6, 6.07) is 12.0. The van der Waals surface area contributed by atoms with Crippen molar-refractivity contribution < 1.29 is 18.1 Å². The Morgan fingerprint density at radius 2 is 1.89 bits per heavy atom. The molecule has 1 saturated heterocycles. The van der Waals surface area contributed by atoms with Crippen molar-refractivity contribution in [1.29, 1.82) is 0 Å². The van der Waals surface area contributed by atoms with E-state index in [1.165, 1.54) is 22.0 Å². The lowest BCUT2D eigenvalue weighted by atomic mass is 10.1. The number of morpholine rings is 1. The predicted octanol–water partition coefficient (Wildman–Crippen LogP) is 2.72. The number of fused-ring (bicyclic) bond motifs is 1. The Kier molecular flexibility index (Phi) is 5.05. The third kappa shape index (κ3) is 3.48. The van der Waals surface area contributed by atoms with Gasteiger partial charge in [-0.05, 0) is 30.0 Å². The van der Waals surface area contributed by atoms with Crippen molar-refractivity contribution in [3.05, 3.63) is 63.7 Å². The topological polar surface area (TPSA) is 102 Å². The summed E-state index contributed by atoms with van der Waals surface area (Å²) in [5, 5.41) is 14.5. The normalized spacial score (nSPS) is 19.9. The monoisotopic (exact) mass is 403 g/mol. The molecule has 2 aliphatic rings. The Hall–Kier alpha value is -2.49. The van der Waals surface area contributed by atoms with Gasteiger partial charge >= 0.3 is 0 Å². The number of nitro groups is 1. The SMILES string of the molecule is O=[N+]([O-])c1ccc(N[C@H]2CCc3ccccc32)c(S(=O)(=O)N2CCOCC2)c1. The molecule has 1 heterocycles. The van der Waals surface area contributed by atoms with Gasteiger partial charge in [0, 0.05) is 25.2 Å². The molecular weight excluding hydrogens is 382 g/mol. The largest absolute Gasteiger partial charge is 0.379 e. The van der Waals surface area contributed by atoms with Gasteiger partial charge in [0.2, 0.25) is 10.0 Å². The summed E-state index contributed by atoms with van der Waals surface area (Å²) in [5.74, 6) is 0. The minimum Gasteiger partial charge on any atom is -0.379 e. The molecule has 1 aliphatic heterocycles. The van der Waals surface area contributed by atoms with Gasteiger partial charge in [0.05, 0.1) is 29.9 Å². The number of nitrogens with one attached hydrogen (secondary N) is 1. The average Bonchev–Trinajstić information content (AvgIpc) is 3.12. The Balaban J connectivity index is 1.72. The van der Waals surface area contributed by atoms with Crippen LogP contribution in [0.5, 0.6) is 0 Å². The van der Waals surface area contributed by atoms with Gasteiger partial charge < -0.3 is 10.1 Å². The van der Waals surface area contributed by atoms with Crippen LogP contribution >= 0.6 is 0 Å². The van der Waals surface area contributed by atoms with Gasteiger partial charge in [-0.3, -0.25) is 10.1 Å². The second-order valence-electron chi connectivity index (χ2n) is 6.89. The molecule has 0 radical (unpaired) electrons. The number of sulfonamides is 1. The third-order valence-electron chi connectivity index (χ3n) is 5.23. The van der Waals surface area contributed by atoms with E-state index in [0.717, 1.165) is 24.5 Å². The summed E-state index contributed by atoms with van der Waals surface area (Å²) in [5.41, 5.74) is 2.51. The van der Waals surface area contributed by atoms with E-state index >= 15 is 0 Å². The molecule has 0 bridgehead atoms. The summed E-state index contributed by atoms with van der Waals surface area (Å²) in [6.45, 7) is 1.09. The summed E-state index contributed by atoms with van der Waals surface area (Å²) < 4.78 is 33.0. The number of nitro benzene ring substituents is 1. The van der Waals surface area contributed by atoms with E-state index in [9.17, 15) is 18.5 Å². The number of ether oxygens (including phenoxy) is 1. The number of nitrogens with zero attached hydrogens (tertiary/aromatic N) is 2. The highest BCUT2D eigenvalue weighted by molar-refractivity contribution is 7.89. The van der Waals surface area contributed by atoms with Crippen molar-refractivity contribution in [2.24, 2.45) is 0 Å². The highest BCUT2D eigenvalue weighted by Gasteiger charge is 2.32. The van der Waals surface area contributed by atoms with Crippen LogP contribution in [0.1, 0.15) is 23.6 Å². The zero-order chi connectivity index (χ0) is 19.7. The summed E-state index contributed by atoms with van der Waals surface area (Å²) in [6.07, 6.45) is 1.75. The zero-order valence-corrected chi connectivity index (χ0v) is 16.0. The highest BCUT2D eigenvalue weighted by atomic mass is 32.2. The van der Waals surface area contributed by atoms with Crippen LogP contribution in [0.3, 0.4) is 0 Å². The summed E-state index contributed by atoms with van der Waals surface area (Å²) in [7, 11) is -3.88. The molecule has 4 rings (SSSR count). The number of anilines is 1. The molecule has 9 heteroatoms. The molecule has 0 unspecified atom stereocenters. The number of rotatable bonds is 5. The Morgan fingerprint density at radius 1 is 1.14 bits per heavy atom. The maximum absolute atomic E-state index is 13.2. The van der Waals surface area contributed by atoms with Crippen molar-refractivity contribution in [1.82, 2.24) is 4.31 Å². The van der Waals surface area contributed by atoms with Crippen LogP contribution < -0.4 is 5.32 Å². The quantitative estimate of drug-likeness (QED) is 0.608. The van der Waals surface area contributed by atoms with Crippen LogP contribution in [-0.4, -0.2) is 43.9 Å². The standard InChI is InChI=1S/C19H21N3O5S/c23-22(24)15-6-8-18(20-17-7-5-14-3-1-2-4-16(14)17)19(13-15)28(25,26)21-9-11-27-12-10-21/h1-4,6,8,13,17,20H,5,7,9-12H2/t17-/m0/s1. The van der Waals surface area contributed by atoms with Crippen molar-refractivity contribution in [3.8, 4) is 0 Å². The van der Waals surface area contributed by atoms with Crippen LogP contribution in [-0.2, 0) is 21.2 Å². The lowest BCUT2D eigenvalue weighted by molar-refractivity contribution is -0.385. The molecule has 8 nitrogen and oxygen atoms in total. The zero-order valence-electron chi connectivity index (χ0n) is 15.2. The average molecular weight is 403 g/mol. The first-order valence-electron chi connectivity index (χ1n) is 9.17. The molecule has 148 valence electrons. The van der Waals surface area contributed by atoms with Crippen LogP contribution in [0.2, 0.25) is 0 Å². The fraction of sp³-hybridized carbons (Fsp3) is 0.368. The molecule has 0 amide bonds. The molecule has 1 fully saturated rings. The van der Waals surface area contributed by atoms with Gasteiger partial charge in [-0.2, -0.15) is 4.31 Å². The first-order valence-corrected chi connectivity index (χ1v) is 10.6. The fourth-order valence-corrected chi connectivity index (χ4v) is 5.36. The Bertz CT molecular complexity index is 1000. The summed E-state index contributed by atoms with van der Waals surface area (Å²) >= 11 is 0. The number of non-ortho nitro benzene ring substituents is 1. The highest BCUT2D eigenvalue weighted by Crippen LogP contribution is 2.37. The molecule has 1 atom stereocenters. The smallest absolute Gasteiger partial charge is 0.270 e.